The van der Waals surface area contributed by atoms with E-state index in [1.165, 1.54) is 0 Å². The highest BCUT2D eigenvalue weighted by Crippen LogP contribution is 1.98. The Morgan fingerprint density at radius 3 is 2.69 bits per heavy atom. The zero-order chi connectivity index (χ0) is 12.4. The fourth-order valence-electron chi connectivity index (χ4n) is 1.24. The molecule has 16 heavy (non-hydrogen) atoms. The molecule has 0 aromatic carbocycles. The van der Waals surface area contributed by atoms with E-state index in [4.69, 9.17) is 0 Å². The van der Waals surface area contributed by atoms with Crippen LogP contribution in [0.4, 0.5) is 0 Å². The molecule has 0 aliphatic carbocycles. The quantitative estimate of drug-likeness (QED) is 0.529. The van der Waals surface area contributed by atoms with Crippen LogP contribution in [-0.2, 0) is 4.79 Å². The van der Waals surface area contributed by atoms with E-state index in [9.17, 15) is 4.79 Å². The number of allylic oxidation sites excluding steroid dienone is 1. The predicted octanol–water partition coefficient (Wildman–Crippen LogP) is 1.64. The van der Waals surface area contributed by atoms with Gasteiger partial charge in [0.1, 0.15) is 0 Å². The molecule has 0 aliphatic rings. The third-order valence-electron chi connectivity index (χ3n) is 2.27. The first kappa shape index (κ1) is 14.7. The van der Waals surface area contributed by atoms with Gasteiger partial charge in [-0.25, -0.2) is 4.99 Å². The standard InChI is InChI=1S/C12H23N3O/c1-5-7-8-14-10-15(6-2)9-11(3)12(16)13-4/h7-8,10-11H,5-6,9H2,1-4H3,(H,13,16)/b8-7+,14-10-. The highest BCUT2D eigenvalue weighted by Gasteiger charge is 2.12. The van der Waals surface area contributed by atoms with Gasteiger partial charge in [-0.2, -0.15) is 0 Å². The minimum atomic E-state index is -0.0217. The van der Waals surface area contributed by atoms with E-state index < -0.39 is 0 Å². The molecule has 1 unspecified atom stereocenters. The summed E-state index contributed by atoms with van der Waals surface area (Å²) in [6, 6.07) is 0. The molecule has 0 bridgehead atoms. The Balaban J connectivity index is 4.14. The summed E-state index contributed by atoms with van der Waals surface area (Å²) < 4.78 is 0. The van der Waals surface area contributed by atoms with Gasteiger partial charge >= 0.3 is 0 Å². The van der Waals surface area contributed by atoms with Crippen molar-refractivity contribution in [3.05, 3.63) is 12.3 Å². The number of rotatable bonds is 7. The highest BCUT2D eigenvalue weighted by molar-refractivity contribution is 5.78. The Hall–Kier alpha value is -1.32. The number of nitrogens with zero attached hydrogens (tertiary/aromatic N) is 2. The van der Waals surface area contributed by atoms with Gasteiger partial charge in [-0.15, -0.1) is 0 Å². The van der Waals surface area contributed by atoms with Crippen LogP contribution in [0.25, 0.3) is 0 Å². The lowest BCUT2D eigenvalue weighted by molar-refractivity contribution is -0.124. The summed E-state index contributed by atoms with van der Waals surface area (Å²) in [4.78, 5) is 17.5. The van der Waals surface area contributed by atoms with E-state index in [2.05, 4.69) is 17.2 Å². The van der Waals surface area contributed by atoms with Crippen LogP contribution in [0.1, 0.15) is 27.2 Å². The summed E-state index contributed by atoms with van der Waals surface area (Å²) in [6.07, 6.45) is 6.55. The van der Waals surface area contributed by atoms with Gasteiger partial charge in [0.25, 0.3) is 0 Å². The van der Waals surface area contributed by atoms with Crippen molar-refractivity contribution < 1.29 is 4.79 Å². The number of hydrogen-bond donors (Lipinski definition) is 1. The van der Waals surface area contributed by atoms with Crippen molar-refractivity contribution in [1.82, 2.24) is 10.2 Å². The van der Waals surface area contributed by atoms with Gasteiger partial charge in [0, 0.05) is 26.3 Å². The number of hydrogen-bond acceptors (Lipinski definition) is 2. The summed E-state index contributed by atoms with van der Waals surface area (Å²) in [5.41, 5.74) is 0. The van der Waals surface area contributed by atoms with Crippen LogP contribution >= 0.6 is 0 Å². The van der Waals surface area contributed by atoms with Crippen molar-refractivity contribution in [3.8, 4) is 0 Å². The maximum absolute atomic E-state index is 11.3. The number of nitrogens with one attached hydrogen (secondary N) is 1. The Labute approximate surface area is 98.4 Å². The molecule has 0 aliphatic heterocycles. The van der Waals surface area contributed by atoms with Crippen LogP contribution in [0.15, 0.2) is 17.3 Å². The summed E-state index contributed by atoms with van der Waals surface area (Å²) in [5.74, 6) is 0.0440. The van der Waals surface area contributed by atoms with Crippen molar-refractivity contribution in [2.45, 2.75) is 27.2 Å². The molecule has 0 saturated heterocycles. The first-order valence-corrected chi connectivity index (χ1v) is 5.79. The average molecular weight is 225 g/mol. The molecule has 0 heterocycles. The first-order valence-electron chi connectivity index (χ1n) is 5.79. The molecule has 0 radical (unpaired) electrons. The van der Waals surface area contributed by atoms with Crippen molar-refractivity contribution >= 4 is 12.2 Å². The van der Waals surface area contributed by atoms with E-state index in [1.807, 2.05) is 24.8 Å². The fraction of sp³-hybridized carbons (Fsp3) is 0.667. The van der Waals surface area contributed by atoms with Gasteiger partial charge in [0.15, 0.2) is 0 Å². The van der Waals surface area contributed by atoms with Crippen molar-refractivity contribution in [2.75, 3.05) is 20.1 Å². The lowest BCUT2D eigenvalue weighted by Gasteiger charge is -2.20. The number of amides is 1. The minimum Gasteiger partial charge on any atom is -0.362 e. The molecule has 0 fully saturated rings. The van der Waals surface area contributed by atoms with Crippen molar-refractivity contribution in [2.24, 2.45) is 10.9 Å². The number of carbonyl (C=O) groups excluding carboxylic acids is 1. The average Bonchev–Trinajstić information content (AvgIpc) is 2.31. The predicted molar refractivity (Wildman–Crippen MR) is 68.4 cm³/mol. The summed E-state index contributed by atoms with van der Waals surface area (Å²) in [6.45, 7) is 7.57. The molecule has 0 spiro atoms. The van der Waals surface area contributed by atoms with Crippen molar-refractivity contribution in [3.63, 3.8) is 0 Å². The normalized spacial score (nSPS) is 13.2. The van der Waals surface area contributed by atoms with Gasteiger partial charge in [0.05, 0.1) is 12.3 Å². The van der Waals surface area contributed by atoms with E-state index in [1.54, 1.807) is 19.6 Å². The van der Waals surface area contributed by atoms with Crippen LogP contribution in [0.3, 0.4) is 0 Å². The molecular weight excluding hydrogens is 202 g/mol. The lowest BCUT2D eigenvalue weighted by Crippen LogP contribution is -2.35. The van der Waals surface area contributed by atoms with Crippen LogP contribution in [-0.4, -0.2) is 37.3 Å². The summed E-state index contributed by atoms with van der Waals surface area (Å²) in [5, 5.41) is 2.65. The molecule has 0 aromatic heterocycles. The SMILES string of the molecule is CC/C=C/N=C\N(CC)CC(C)C(=O)NC. The molecule has 0 saturated carbocycles. The minimum absolute atomic E-state index is 0.0217. The topological polar surface area (TPSA) is 44.7 Å². The molecule has 0 aromatic rings. The zero-order valence-corrected chi connectivity index (χ0v) is 10.7. The van der Waals surface area contributed by atoms with Crippen LogP contribution < -0.4 is 5.32 Å². The second-order valence-corrected chi connectivity index (χ2v) is 3.66. The molecule has 1 atom stereocenters. The largest absolute Gasteiger partial charge is 0.362 e. The third kappa shape index (κ3) is 6.22. The molecule has 4 nitrogen and oxygen atoms in total. The smallest absolute Gasteiger partial charge is 0.224 e. The number of carbonyl (C=O) groups is 1. The Bertz CT molecular complexity index is 249. The van der Waals surface area contributed by atoms with Crippen molar-refractivity contribution in [1.29, 1.82) is 0 Å². The first-order chi connectivity index (χ1) is 7.65. The van der Waals surface area contributed by atoms with Gasteiger partial charge in [-0.05, 0) is 13.3 Å². The number of aliphatic imine (C=N–C) groups is 1. The van der Waals surface area contributed by atoms with E-state index >= 15 is 0 Å². The Morgan fingerprint density at radius 1 is 1.50 bits per heavy atom. The zero-order valence-electron chi connectivity index (χ0n) is 10.7. The molecule has 1 amide bonds. The molecule has 4 heteroatoms. The molecule has 92 valence electrons. The van der Waals surface area contributed by atoms with E-state index in [0.717, 1.165) is 13.0 Å². The maximum Gasteiger partial charge on any atom is 0.224 e. The van der Waals surface area contributed by atoms with Gasteiger partial charge in [0.2, 0.25) is 5.91 Å². The molecule has 0 rings (SSSR count). The molecule has 1 N–H and O–H groups in total. The van der Waals surface area contributed by atoms with Gasteiger partial charge in [-0.1, -0.05) is 19.9 Å². The highest BCUT2D eigenvalue weighted by atomic mass is 16.1. The second-order valence-electron chi connectivity index (χ2n) is 3.66. The second kappa shape index (κ2) is 8.95. The van der Waals surface area contributed by atoms with E-state index in [0.29, 0.717) is 6.54 Å². The Morgan fingerprint density at radius 2 is 2.19 bits per heavy atom. The van der Waals surface area contributed by atoms with Crippen LogP contribution in [0.2, 0.25) is 0 Å². The summed E-state index contributed by atoms with van der Waals surface area (Å²) in [7, 11) is 1.66. The van der Waals surface area contributed by atoms with Crippen LogP contribution in [0.5, 0.6) is 0 Å². The Kier molecular flexibility index (Phi) is 8.21. The van der Waals surface area contributed by atoms with Crippen LogP contribution in [0, 0.1) is 5.92 Å². The fourth-order valence-corrected chi connectivity index (χ4v) is 1.24. The van der Waals surface area contributed by atoms with E-state index in [-0.39, 0.29) is 11.8 Å². The van der Waals surface area contributed by atoms with Gasteiger partial charge in [-0.3, -0.25) is 4.79 Å². The molecular formula is C12H23N3O. The third-order valence-corrected chi connectivity index (χ3v) is 2.27. The van der Waals surface area contributed by atoms with Gasteiger partial charge < -0.3 is 10.2 Å². The monoisotopic (exact) mass is 225 g/mol. The summed E-state index contributed by atoms with van der Waals surface area (Å²) >= 11 is 0. The maximum atomic E-state index is 11.3. The lowest BCUT2D eigenvalue weighted by atomic mass is 10.1.